The summed E-state index contributed by atoms with van der Waals surface area (Å²) in [5, 5.41) is 2.62. The van der Waals surface area contributed by atoms with Crippen molar-refractivity contribution in [2.45, 2.75) is 25.8 Å². The van der Waals surface area contributed by atoms with Crippen molar-refractivity contribution in [3.05, 3.63) is 33.8 Å². The van der Waals surface area contributed by atoms with E-state index >= 15 is 0 Å². The van der Waals surface area contributed by atoms with Gasteiger partial charge in [0.2, 0.25) is 5.91 Å². The molecular formula is C14H15BrF2N2O2. The molecule has 0 aliphatic carbocycles. The fourth-order valence-corrected chi connectivity index (χ4v) is 2.76. The number of nitrogens with one attached hydrogen (secondary N) is 1. The Hall–Kier alpha value is -1.50. The third kappa shape index (κ3) is 3.78. The van der Waals surface area contributed by atoms with E-state index in [1.54, 1.807) is 4.90 Å². The summed E-state index contributed by atoms with van der Waals surface area (Å²) in [6.45, 7) is 2.56. The quantitative estimate of drug-likeness (QED) is 0.880. The zero-order valence-corrected chi connectivity index (χ0v) is 13.0. The lowest BCUT2D eigenvalue weighted by atomic mass is 10.0. The predicted molar refractivity (Wildman–Crippen MR) is 76.8 cm³/mol. The van der Waals surface area contributed by atoms with Crippen molar-refractivity contribution in [3.8, 4) is 0 Å². The van der Waals surface area contributed by atoms with E-state index in [9.17, 15) is 18.4 Å². The highest BCUT2D eigenvalue weighted by Gasteiger charge is 2.25. The van der Waals surface area contributed by atoms with Crippen molar-refractivity contribution >= 4 is 27.7 Å². The molecular weight excluding hydrogens is 346 g/mol. The molecule has 0 atom stereocenters. The Morgan fingerprint density at radius 2 is 1.76 bits per heavy atom. The van der Waals surface area contributed by atoms with E-state index in [4.69, 9.17) is 0 Å². The summed E-state index contributed by atoms with van der Waals surface area (Å²) in [5.74, 6) is -2.58. The third-order valence-electron chi connectivity index (χ3n) is 3.51. The summed E-state index contributed by atoms with van der Waals surface area (Å²) >= 11 is 2.97. The summed E-state index contributed by atoms with van der Waals surface area (Å²) in [6.07, 6.45) is 1.15. The van der Waals surface area contributed by atoms with Crippen LogP contribution in [-0.4, -0.2) is 35.8 Å². The Morgan fingerprint density at radius 3 is 2.24 bits per heavy atom. The van der Waals surface area contributed by atoms with Crippen LogP contribution in [-0.2, 0) is 4.79 Å². The number of nitrogens with zero attached hydrogens (tertiary/aromatic N) is 1. The molecule has 2 rings (SSSR count). The second kappa shape index (κ2) is 6.51. The first-order chi connectivity index (χ1) is 9.88. The van der Waals surface area contributed by atoms with Crippen LogP contribution in [0.4, 0.5) is 8.78 Å². The highest BCUT2D eigenvalue weighted by atomic mass is 79.9. The number of hydrogen-bond acceptors (Lipinski definition) is 2. The molecule has 1 aromatic carbocycles. The summed E-state index contributed by atoms with van der Waals surface area (Å²) in [7, 11) is 0. The minimum atomic E-state index is -0.902. The molecule has 7 heteroatoms. The molecule has 1 heterocycles. The molecule has 0 bridgehead atoms. The van der Waals surface area contributed by atoms with E-state index in [1.807, 2.05) is 0 Å². The minimum Gasteiger partial charge on any atom is -0.349 e. The smallest absolute Gasteiger partial charge is 0.257 e. The molecule has 0 radical (unpaired) electrons. The van der Waals surface area contributed by atoms with Crippen LogP contribution in [0.25, 0.3) is 0 Å². The van der Waals surface area contributed by atoms with Gasteiger partial charge < -0.3 is 10.2 Å². The summed E-state index contributed by atoms with van der Waals surface area (Å²) in [6, 6.07) is 1.92. The van der Waals surface area contributed by atoms with Gasteiger partial charge in [0, 0.05) is 30.5 Å². The standard InChI is InChI=1S/C14H15BrF2N2O2/c1-8(20)19-4-2-10(3-5-19)18-14(21)13-11(16)6-9(15)7-12(13)17/h6-7,10H,2-5H2,1H3,(H,18,21). The molecule has 1 aromatic rings. The van der Waals surface area contributed by atoms with Gasteiger partial charge >= 0.3 is 0 Å². The number of carbonyl (C=O) groups is 2. The van der Waals surface area contributed by atoms with Crippen LogP contribution < -0.4 is 5.32 Å². The molecule has 1 saturated heterocycles. The SMILES string of the molecule is CC(=O)N1CCC(NC(=O)c2c(F)cc(Br)cc2F)CC1. The van der Waals surface area contributed by atoms with Gasteiger partial charge in [0.05, 0.1) is 0 Å². The molecule has 2 amide bonds. The zero-order valence-electron chi connectivity index (χ0n) is 11.5. The molecule has 1 fully saturated rings. The first-order valence-corrected chi connectivity index (χ1v) is 7.38. The van der Waals surface area contributed by atoms with E-state index in [2.05, 4.69) is 21.2 Å². The van der Waals surface area contributed by atoms with E-state index in [-0.39, 0.29) is 16.4 Å². The van der Waals surface area contributed by atoms with Crippen molar-refractivity contribution < 1.29 is 18.4 Å². The summed E-state index contributed by atoms with van der Waals surface area (Å²) in [5.41, 5.74) is -0.577. The first-order valence-electron chi connectivity index (χ1n) is 6.59. The first kappa shape index (κ1) is 15.9. The van der Waals surface area contributed by atoms with Crippen LogP contribution in [0, 0.1) is 11.6 Å². The van der Waals surface area contributed by atoms with Gasteiger partial charge in [0.15, 0.2) is 0 Å². The van der Waals surface area contributed by atoms with Crippen LogP contribution in [0.5, 0.6) is 0 Å². The number of carbonyl (C=O) groups excluding carboxylic acids is 2. The van der Waals surface area contributed by atoms with E-state index in [0.717, 1.165) is 12.1 Å². The maximum atomic E-state index is 13.7. The molecule has 1 aliphatic rings. The van der Waals surface area contributed by atoms with Gasteiger partial charge in [-0.25, -0.2) is 8.78 Å². The lowest BCUT2D eigenvalue weighted by molar-refractivity contribution is -0.129. The topological polar surface area (TPSA) is 49.4 Å². The number of likely N-dealkylation sites (tertiary alicyclic amines) is 1. The lowest BCUT2D eigenvalue weighted by Crippen LogP contribution is -2.46. The van der Waals surface area contributed by atoms with Crippen molar-refractivity contribution in [2.24, 2.45) is 0 Å². The number of benzene rings is 1. The molecule has 1 aliphatic heterocycles. The Morgan fingerprint density at radius 1 is 1.24 bits per heavy atom. The maximum Gasteiger partial charge on any atom is 0.257 e. The maximum absolute atomic E-state index is 13.7. The fourth-order valence-electron chi connectivity index (χ4n) is 2.36. The Balaban J connectivity index is 2.02. The average Bonchev–Trinajstić information content (AvgIpc) is 2.37. The van der Waals surface area contributed by atoms with Crippen molar-refractivity contribution in [3.63, 3.8) is 0 Å². The molecule has 4 nitrogen and oxygen atoms in total. The van der Waals surface area contributed by atoms with Crippen LogP contribution in [0.3, 0.4) is 0 Å². The van der Waals surface area contributed by atoms with Crippen LogP contribution in [0.2, 0.25) is 0 Å². The van der Waals surface area contributed by atoms with Gasteiger partial charge in [-0.3, -0.25) is 9.59 Å². The third-order valence-corrected chi connectivity index (χ3v) is 3.97. The largest absolute Gasteiger partial charge is 0.349 e. The van der Waals surface area contributed by atoms with Gasteiger partial charge in [-0.1, -0.05) is 15.9 Å². The van der Waals surface area contributed by atoms with Gasteiger partial charge in [0.25, 0.3) is 5.91 Å². The highest BCUT2D eigenvalue weighted by molar-refractivity contribution is 9.10. The number of halogens is 3. The molecule has 114 valence electrons. The Kier molecular flexibility index (Phi) is 4.92. The molecule has 0 unspecified atom stereocenters. The van der Waals surface area contributed by atoms with E-state index < -0.39 is 23.1 Å². The number of amides is 2. The second-order valence-electron chi connectivity index (χ2n) is 5.00. The summed E-state index contributed by atoms with van der Waals surface area (Å²) < 4.78 is 27.6. The van der Waals surface area contributed by atoms with Crippen molar-refractivity contribution in [2.75, 3.05) is 13.1 Å². The van der Waals surface area contributed by atoms with Gasteiger partial charge in [-0.05, 0) is 25.0 Å². The molecule has 0 spiro atoms. The van der Waals surface area contributed by atoms with Crippen molar-refractivity contribution in [1.29, 1.82) is 0 Å². The molecule has 0 aromatic heterocycles. The predicted octanol–water partition coefficient (Wildman–Crippen LogP) is 2.47. The van der Waals surface area contributed by atoms with E-state index in [0.29, 0.717) is 25.9 Å². The van der Waals surface area contributed by atoms with Crippen LogP contribution in [0.1, 0.15) is 30.1 Å². The fraction of sp³-hybridized carbons (Fsp3) is 0.429. The average molecular weight is 361 g/mol. The highest BCUT2D eigenvalue weighted by Crippen LogP contribution is 2.20. The Bertz CT molecular complexity index is 549. The normalized spacial score (nSPS) is 15.9. The molecule has 0 saturated carbocycles. The van der Waals surface area contributed by atoms with Gasteiger partial charge in [-0.15, -0.1) is 0 Å². The van der Waals surface area contributed by atoms with Gasteiger partial charge in [0.1, 0.15) is 17.2 Å². The monoisotopic (exact) mass is 360 g/mol. The lowest BCUT2D eigenvalue weighted by Gasteiger charge is -2.31. The minimum absolute atomic E-state index is 0.00947. The van der Waals surface area contributed by atoms with Gasteiger partial charge in [-0.2, -0.15) is 0 Å². The Labute approximate surface area is 129 Å². The molecule has 21 heavy (non-hydrogen) atoms. The number of rotatable bonds is 2. The number of hydrogen-bond donors (Lipinski definition) is 1. The van der Waals surface area contributed by atoms with E-state index in [1.165, 1.54) is 6.92 Å². The number of piperidine rings is 1. The van der Waals surface area contributed by atoms with Crippen molar-refractivity contribution in [1.82, 2.24) is 10.2 Å². The summed E-state index contributed by atoms with van der Waals surface area (Å²) in [4.78, 5) is 24.9. The molecule has 1 N–H and O–H groups in total. The van der Waals surface area contributed by atoms with Crippen LogP contribution >= 0.6 is 15.9 Å². The van der Waals surface area contributed by atoms with Crippen LogP contribution in [0.15, 0.2) is 16.6 Å². The zero-order chi connectivity index (χ0) is 15.6. The second-order valence-corrected chi connectivity index (χ2v) is 5.91.